The number of hydrogen-bond donors (Lipinski definition) is 0. The maximum absolute atomic E-state index is 11.2. The number of carbonyl (C=O) groups excluding carboxylic acids is 1. The zero-order chi connectivity index (χ0) is 12.8. The third kappa shape index (κ3) is 3.22. The molecule has 0 aliphatic heterocycles. The first kappa shape index (κ1) is 13.0. The summed E-state index contributed by atoms with van der Waals surface area (Å²) in [5.74, 6) is 0.902. The molecule has 4 nitrogen and oxygen atoms in total. The maximum atomic E-state index is 11.2. The van der Waals surface area contributed by atoms with Crippen LogP contribution in [0, 0.1) is 11.3 Å². The van der Waals surface area contributed by atoms with Gasteiger partial charge in [-0.15, -0.1) is 0 Å². The summed E-state index contributed by atoms with van der Waals surface area (Å²) < 4.78 is 10.6. The summed E-state index contributed by atoms with van der Waals surface area (Å²) in [5, 5.41) is 8.82. The smallest absolute Gasteiger partial charge is 0.184 e. The maximum Gasteiger partial charge on any atom is 0.184 e. The number of benzene rings is 1. The first-order valence-electron chi connectivity index (χ1n) is 5.37. The van der Waals surface area contributed by atoms with Crippen molar-refractivity contribution in [2.45, 2.75) is 26.4 Å². The number of methoxy groups -OCH3 is 1. The van der Waals surface area contributed by atoms with Gasteiger partial charge in [-0.1, -0.05) is 6.92 Å². The molecular formula is C13H15NO3. The molecule has 4 heteroatoms. The van der Waals surface area contributed by atoms with Gasteiger partial charge < -0.3 is 9.47 Å². The molecule has 0 bridgehead atoms. The SMILES string of the molecule is CCC(C#N)Oc1ccc(C(C)=O)cc1OC. The molecule has 17 heavy (non-hydrogen) atoms. The van der Waals surface area contributed by atoms with Gasteiger partial charge in [-0.05, 0) is 31.5 Å². The Morgan fingerprint density at radius 3 is 2.65 bits per heavy atom. The fourth-order valence-corrected chi connectivity index (χ4v) is 1.34. The van der Waals surface area contributed by atoms with E-state index < -0.39 is 6.10 Å². The van der Waals surface area contributed by atoms with Crippen molar-refractivity contribution < 1.29 is 14.3 Å². The third-order valence-electron chi connectivity index (χ3n) is 2.35. The zero-order valence-electron chi connectivity index (χ0n) is 10.2. The monoisotopic (exact) mass is 233 g/mol. The lowest BCUT2D eigenvalue weighted by atomic mass is 10.1. The van der Waals surface area contributed by atoms with E-state index in [9.17, 15) is 4.79 Å². The highest BCUT2D eigenvalue weighted by Crippen LogP contribution is 2.29. The van der Waals surface area contributed by atoms with Gasteiger partial charge in [-0.3, -0.25) is 4.79 Å². The second-order valence-electron chi connectivity index (χ2n) is 3.57. The molecular weight excluding hydrogens is 218 g/mol. The zero-order valence-corrected chi connectivity index (χ0v) is 10.2. The fraction of sp³-hybridized carbons (Fsp3) is 0.385. The van der Waals surface area contributed by atoms with Gasteiger partial charge in [-0.2, -0.15) is 5.26 Å². The van der Waals surface area contributed by atoms with Crippen LogP contribution in [0.1, 0.15) is 30.6 Å². The molecule has 1 rings (SSSR count). The Hall–Kier alpha value is -2.02. The molecule has 1 aromatic carbocycles. The normalized spacial score (nSPS) is 11.4. The van der Waals surface area contributed by atoms with Crippen LogP contribution in [0.5, 0.6) is 11.5 Å². The molecule has 0 saturated heterocycles. The highest BCUT2D eigenvalue weighted by molar-refractivity contribution is 5.94. The molecule has 0 spiro atoms. The Morgan fingerprint density at radius 2 is 2.18 bits per heavy atom. The van der Waals surface area contributed by atoms with E-state index >= 15 is 0 Å². The highest BCUT2D eigenvalue weighted by atomic mass is 16.5. The number of Topliss-reactive ketones (excluding diaryl/α,β-unsaturated/α-hetero) is 1. The summed E-state index contributed by atoms with van der Waals surface area (Å²) in [4.78, 5) is 11.2. The summed E-state index contributed by atoms with van der Waals surface area (Å²) in [6, 6.07) is 6.96. The van der Waals surface area contributed by atoms with Crippen LogP contribution in [0.2, 0.25) is 0 Å². The minimum absolute atomic E-state index is 0.0397. The summed E-state index contributed by atoms with van der Waals surface area (Å²) >= 11 is 0. The topological polar surface area (TPSA) is 59.3 Å². The Labute approximate surface area is 101 Å². The van der Waals surface area contributed by atoms with Crippen LogP contribution in [0.15, 0.2) is 18.2 Å². The van der Waals surface area contributed by atoms with Gasteiger partial charge in [-0.25, -0.2) is 0 Å². The van der Waals surface area contributed by atoms with Crippen molar-refractivity contribution in [1.82, 2.24) is 0 Å². The van der Waals surface area contributed by atoms with Crippen molar-refractivity contribution >= 4 is 5.78 Å². The van der Waals surface area contributed by atoms with Crippen molar-refractivity contribution in [2.24, 2.45) is 0 Å². The van der Waals surface area contributed by atoms with Gasteiger partial charge in [0.1, 0.15) is 6.07 Å². The van der Waals surface area contributed by atoms with Crippen LogP contribution in [0.25, 0.3) is 0 Å². The number of nitriles is 1. The number of carbonyl (C=O) groups is 1. The van der Waals surface area contributed by atoms with Crippen molar-refractivity contribution in [3.05, 3.63) is 23.8 Å². The van der Waals surface area contributed by atoms with Crippen LogP contribution in [-0.2, 0) is 0 Å². The summed E-state index contributed by atoms with van der Waals surface area (Å²) in [5.41, 5.74) is 0.555. The Bertz CT molecular complexity index is 448. The van der Waals surface area contributed by atoms with E-state index in [1.54, 1.807) is 18.2 Å². The van der Waals surface area contributed by atoms with Gasteiger partial charge in [0, 0.05) is 5.56 Å². The average molecular weight is 233 g/mol. The van der Waals surface area contributed by atoms with Crippen molar-refractivity contribution in [1.29, 1.82) is 5.26 Å². The number of hydrogen-bond acceptors (Lipinski definition) is 4. The van der Waals surface area contributed by atoms with E-state index in [2.05, 4.69) is 0 Å². The molecule has 0 saturated carbocycles. The number of nitrogens with zero attached hydrogens (tertiary/aromatic N) is 1. The van der Waals surface area contributed by atoms with Crippen LogP contribution in [0.4, 0.5) is 0 Å². The van der Waals surface area contributed by atoms with E-state index in [0.29, 0.717) is 23.5 Å². The van der Waals surface area contributed by atoms with Gasteiger partial charge in [0.15, 0.2) is 23.4 Å². The molecule has 0 N–H and O–H groups in total. The van der Waals surface area contributed by atoms with Crippen LogP contribution in [-0.4, -0.2) is 19.0 Å². The lowest BCUT2D eigenvalue weighted by Crippen LogP contribution is -2.13. The van der Waals surface area contributed by atoms with Gasteiger partial charge in [0.25, 0.3) is 0 Å². The molecule has 0 aromatic heterocycles. The van der Waals surface area contributed by atoms with Crippen molar-refractivity contribution in [3.63, 3.8) is 0 Å². The molecule has 0 aliphatic rings. The summed E-state index contributed by atoms with van der Waals surface area (Å²) in [6.45, 7) is 3.35. The fourth-order valence-electron chi connectivity index (χ4n) is 1.34. The van der Waals surface area contributed by atoms with Crippen LogP contribution >= 0.6 is 0 Å². The molecule has 0 heterocycles. The molecule has 0 aliphatic carbocycles. The first-order chi connectivity index (χ1) is 8.12. The van der Waals surface area contributed by atoms with E-state index in [1.165, 1.54) is 14.0 Å². The third-order valence-corrected chi connectivity index (χ3v) is 2.35. The Kier molecular flexibility index (Phi) is 4.53. The minimum atomic E-state index is -0.507. The number of ether oxygens (including phenoxy) is 2. The van der Waals surface area contributed by atoms with E-state index in [-0.39, 0.29) is 5.78 Å². The largest absolute Gasteiger partial charge is 0.493 e. The van der Waals surface area contributed by atoms with E-state index in [0.717, 1.165) is 0 Å². The predicted molar refractivity (Wildman–Crippen MR) is 63.3 cm³/mol. The number of rotatable bonds is 5. The van der Waals surface area contributed by atoms with Gasteiger partial charge in [0.05, 0.1) is 7.11 Å². The first-order valence-corrected chi connectivity index (χ1v) is 5.37. The molecule has 1 atom stereocenters. The lowest BCUT2D eigenvalue weighted by Gasteiger charge is -2.14. The molecule has 0 amide bonds. The number of ketones is 1. The predicted octanol–water partition coefficient (Wildman–Crippen LogP) is 2.58. The summed E-state index contributed by atoms with van der Waals surface area (Å²) in [6.07, 6.45) is 0.0840. The van der Waals surface area contributed by atoms with E-state index in [4.69, 9.17) is 14.7 Å². The average Bonchev–Trinajstić information content (AvgIpc) is 2.35. The minimum Gasteiger partial charge on any atom is -0.493 e. The van der Waals surface area contributed by atoms with Crippen molar-refractivity contribution in [2.75, 3.05) is 7.11 Å². The second kappa shape index (κ2) is 5.90. The van der Waals surface area contributed by atoms with Crippen LogP contribution < -0.4 is 9.47 Å². The van der Waals surface area contributed by atoms with E-state index in [1.807, 2.05) is 13.0 Å². The van der Waals surface area contributed by atoms with Gasteiger partial charge >= 0.3 is 0 Å². The standard InChI is InChI=1S/C13H15NO3/c1-4-11(8-14)17-12-6-5-10(9(2)15)7-13(12)16-3/h5-7,11H,4H2,1-3H3. The molecule has 0 radical (unpaired) electrons. The van der Waals surface area contributed by atoms with Crippen molar-refractivity contribution in [3.8, 4) is 17.6 Å². The molecule has 1 aromatic rings. The van der Waals surface area contributed by atoms with Gasteiger partial charge in [0.2, 0.25) is 0 Å². The molecule has 1 unspecified atom stereocenters. The quantitative estimate of drug-likeness (QED) is 0.733. The summed E-state index contributed by atoms with van der Waals surface area (Å²) in [7, 11) is 1.50. The Morgan fingerprint density at radius 1 is 1.47 bits per heavy atom. The molecule has 0 fully saturated rings. The Balaban J connectivity index is 3.01. The van der Waals surface area contributed by atoms with Crippen LogP contribution in [0.3, 0.4) is 0 Å². The highest BCUT2D eigenvalue weighted by Gasteiger charge is 2.12. The molecule has 90 valence electrons. The second-order valence-corrected chi connectivity index (χ2v) is 3.57. The lowest BCUT2D eigenvalue weighted by molar-refractivity contribution is 0.101.